The molecule has 20 heavy (non-hydrogen) atoms. The molecule has 1 saturated carbocycles. The maximum Gasteiger partial charge on any atom is 0.201 e. The van der Waals surface area contributed by atoms with Crippen molar-refractivity contribution in [3.05, 3.63) is 23.8 Å². The molecule has 0 aromatic rings. The normalized spacial score (nSPS) is 34.6. The molecule has 0 N–H and O–H groups in total. The summed E-state index contributed by atoms with van der Waals surface area (Å²) in [5, 5.41) is 0. The lowest BCUT2D eigenvalue weighted by molar-refractivity contribution is -0.191. The van der Waals surface area contributed by atoms with Gasteiger partial charge in [-0.25, -0.2) is 0 Å². The van der Waals surface area contributed by atoms with E-state index in [-0.39, 0.29) is 17.8 Å². The van der Waals surface area contributed by atoms with Gasteiger partial charge in [0.05, 0.1) is 19.1 Å². The Hall–Kier alpha value is -0.930. The van der Waals surface area contributed by atoms with Crippen molar-refractivity contribution in [1.82, 2.24) is 0 Å². The van der Waals surface area contributed by atoms with Crippen LogP contribution in [0.3, 0.4) is 0 Å². The third-order valence-electron chi connectivity index (χ3n) is 4.85. The summed E-state index contributed by atoms with van der Waals surface area (Å²) in [4.78, 5) is 13.0. The number of carbonyl (C=O) groups is 1. The number of hydrogen-bond acceptors (Lipinski definition) is 3. The number of carbonyl (C=O) groups excluding carboxylic acids is 1. The van der Waals surface area contributed by atoms with Gasteiger partial charge in [0, 0.05) is 11.8 Å². The maximum absolute atomic E-state index is 13.0. The minimum Gasteiger partial charge on any atom is -0.343 e. The summed E-state index contributed by atoms with van der Waals surface area (Å²) in [7, 11) is 0. The average Bonchev–Trinajstić information content (AvgIpc) is 3.09. The standard InChI is InChI=1S/C17H24O3/c1-3-6-13-12-8-5-9-14(12)17(19-10-11-20-17)15(7-4-2)16(13)18/h5,8-9,12-13,15H,3-4,6-7,10-11H2,1-2H3/t12-,13-,15+/m0/s1. The van der Waals surface area contributed by atoms with Crippen LogP contribution in [0.15, 0.2) is 23.8 Å². The van der Waals surface area contributed by atoms with Gasteiger partial charge in [-0.3, -0.25) is 4.79 Å². The Morgan fingerprint density at radius 2 is 1.90 bits per heavy atom. The molecule has 3 nitrogen and oxygen atoms in total. The molecule has 3 rings (SSSR count). The predicted molar refractivity (Wildman–Crippen MR) is 77.2 cm³/mol. The van der Waals surface area contributed by atoms with Gasteiger partial charge < -0.3 is 9.47 Å². The highest BCUT2D eigenvalue weighted by Gasteiger charge is 2.58. The molecule has 0 bridgehead atoms. The Balaban J connectivity index is 2.00. The van der Waals surface area contributed by atoms with Crippen LogP contribution in [0.25, 0.3) is 0 Å². The summed E-state index contributed by atoms with van der Waals surface area (Å²) in [5.41, 5.74) is 1.19. The highest BCUT2D eigenvalue weighted by Crippen LogP contribution is 2.52. The summed E-state index contributed by atoms with van der Waals surface area (Å²) in [6.45, 7) is 5.46. The number of rotatable bonds is 4. The lowest BCUT2D eigenvalue weighted by atomic mass is 9.65. The molecular weight excluding hydrogens is 252 g/mol. The number of allylic oxidation sites excluding steroid dienone is 3. The van der Waals surface area contributed by atoms with Crippen molar-refractivity contribution in [3.63, 3.8) is 0 Å². The molecule has 0 unspecified atom stereocenters. The van der Waals surface area contributed by atoms with E-state index in [1.807, 2.05) is 0 Å². The Bertz CT molecular complexity index is 443. The lowest BCUT2D eigenvalue weighted by Gasteiger charge is -2.46. The van der Waals surface area contributed by atoms with Gasteiger partial charge in [-0.05, 0) is 18.4 Å². The SMILES string of the molecule is CCC[C@@H]1C(=O)[C@@H](CCC)C2(OCCO2)C2=CC=C[C@H]21. The summed E-state index contributed by atoms with van der Waals surface area (Å²) >= 11 is 0. The van der Waals surface area contributed by atoms with E-state index < -0.39 is 5.79 Å². The maximum atomic E-state index is 13.0. The number of Topliss-reactive ketones (excluding diaryl/α,β-unsaturated/α-hetero) is 1. The van der Waals surface area contributed by atoms with Gasteiger partial charge >= 0.3 is 0 Å². The van der Waals surface area contributed by atoms with Crippen LogP contribution < -0.4 is 0 Å². The van der Waals surface area contributed by atoms with Crippen molar-refractivity contribution in [2.45, 2.75) is 45.3 Å². The minimum absolute atomic E-state index is 0.111. The quantitative estimate of drug-likeness (QED) is 0.790. The van der Waals surface area contributed by atoms with Crippen LogP contribution in [0.4, 0.5) is 0 Å². The van der Waals surface area contributed by atoms with Crippen molar-refractivity contribution in [3.8, 4) is 0 Å². The monoisotopic (exact) mass is 276 g/mol. The van der Waals surface area contributed by atoms with Crippen molar-refractivity contribution in [2.75, 3.05) is 13.2 Å². The van der Waals surface area contributed by atoms with Gasteiger partial charge in [0.1, 0.15) is 5.78 Å². The first kappa shape index (κ1) is 14.0. The fraction of sp³-hybridized carbons (Fsp3) is 0.706. The summed E-state index contributed by atoms with van der Waals surface area (Å²) < 4.78 is 12.0. The van der Waals surface area contributed by atoms with E-state index in [9.17, 15) is 4.79 Å². The highest BCUT2D eigenvalue weighted by atomic mass is 16.7. The first-order valence-electron chi connectivity index (χ1n) is 7.95. The third kappa shape index (κ3) is 1.91. The van der Waals surface area contributed by atoms with E-state index in [0.717, 1.165) is 25.7 Å². The Kier molecular flexibility index (Phi) is 3.83. The van der Waals surface area contributed by atoms with Gasteiger partial charge in [0.15, 0.2) is 0 Å². The molecule has 0 aromatic carbocycles. The van der Waals surface area contributed by atoms with E-state index in [1.54, 1.807) is 0 Å². The molecule has 3 aliphatic rings. The van der Waals surface area contributed by atoms with Crippen LogP contribution in [0, 0.1) is 17.8 Å². The highest BCUT2D eigenvalue weighted by molar-refractivity contribution is 5.88. The van der Waals surface area contributed by atoms with Crippen LogP contribution in [-0.4, -0.2) is 24.8 Å². The molecule has 1 saturated heterocycles. The minimum atomic E-state index is -0.758. The summed E-state index contributed by atoms with van der Waals surface area (Å²) in [5.74, 6) is -0.238. The van der Waals surface area contributed by atoms with E-state index in [1.165, 1.54) is 5.57 Å². The fourth-order valence-electron chi connectivity index (χ4n) is 4.07. The molecule has 3 atom stereocenters. The molecule has 1 spiro atoms. The number of ketones is 1. The van der Waals surface area contributed by atoms with Crippen LogP contribution in [0.2, 0.25) is 0 Å². The van der Waals surface area contributed by atoms with Gasteiger partial charge in [-0.1, -0.05) is 44.9 Å². The zero-order chi connectivity index (χ0) is 14.2. The largest absolute Gasteiger partial charge is 0.343 e. The van der Waals surface area contributed by atoms with E-state index >= 15 is 0 Å². The molecule has 1 aliphatic heterocycles. The lowest BCUT2D eigenvalue weighted by Crippen LogP contribution is -2.54. The second-order valence-corrected chi connectivity index (χ2v) is 6.04. The zero-order valence-electron chi connectivity index (χ0n) is 12.4. The van der Waals surface area contributed by atoms with Gasteiger partial charge in [-0.15, -0.1) is 0 Å². The average molecular weight is 276 g/mol. The molecule has 2 fully saturated rings. The molecule has 0 radical (unpaired) electrons. The second-order valence-electron chi connectivity index (χ2n) is 6.04. The second kappa shape index (κ2) is 5.45. The Labute approximate surface area is 121 Å². The molecule has 3 heteroatoms. The molecule has 1 heterocycles. The summed E-state index contributed by atoms with van der Waals surface area (Å²) in [6.07, 6.45) is 10.2. The summed E-state index contributed by atoms with van der Waals surface area (Å²) in [6, 6.07) is 0. The first-order chi connectivity index (χ1) is 9.74. The van der Waals surface area contributed by atoms with Crippen molar-refractivity contribution >= 4 is 5.78 Å². The van der Waals surface area contributed by atoms with E-state index in [2.05, 4.69) is 32.1 Å². The van der Waals surface area contributed by atoms with Gasteiger partial charge in [-0.2, -0.15) is 0 Å². The van der Waals surface area contributed by atoms with Crippen LogP contribution in [-0.2, 0) is 14.3 Å². The Morgan fingerprint density at radius 3 is 2.55 bits per heavy atom. The third-order valence-corrected chi connectivity index (χ3v) is 4.85. The van der Waals surface area contributed by atoms with Crippen molar-refractivity contribution < 1.29 is 14.3 Å². The molecular formula is C17H24O3. The smallest absolute Gasteiger partial charge is 0.201 e. The Morgan fingerprint density at radius 1 is 1.20 bits per heavy atom. The molecule has 110 valence electrons. The first-order valence-corrected chi connectivity index (χ1v) is 7.95. The van der Waals surface area contributed by atoms with Crippen LogP contribution in [0.1, 0.15) is 39.5 Å². The number of ether oxygens (including phenoxy) is 2. The topological polar surface area (TPSA) is 35.5 Å². The fourth-order valence-corrected chi connectivity index (χ4v) is 4.07. The number of fused-ring (bicyclic) bond motifs is 2. The molecule has 2 aliphatic carbocycles. The zero-order valence-corrected chi connectivity index (χ0v) is 12.4. The van der Waals surface area contributed by atoms with Crippen molar-refractivity contribution in [1.29, 1.82) is 0 Å². The number of hydrogen-bond donors (Lipinski definition) is 0. The molecule has 0 aromatic heterocycles. The van der Waals surface area contributed by atoms with Crippen molar-refractivity contribution in [2.24, 2.45) is 17.8 Å². The molecule has 0 amide bonds. The van der Waals surface area contributed by atoms with Crippen LogP contribution in [0.5, 0.6) is 0 Å². The van der Waals surface area contributed by atoms with E-state index in [0.29, 0.717) is 19.0 Å². The predicted octanol–water partition coefficient (Wildman–Crippen LogP) is 3.26. The van der Waals surface area contributed by atoms with E-state index in [4.69, 9.17) is 9.47 Å². The van der Waals surface area contributed by atoms with Gasteiger partial charge in [0.25, 0.3) is 0 Å². The van der Waals surface area contributed by atoms with Crippen LogP contribution >= 0.6 is 0 Å². The van der Waals surface area contributed by atoms with Gasteiger partial charge in [0.2, 0.25) is 5.79 Å².